The van der Waals surface area contributed by atoms with Gasteiger partial charge in [-0.25, -0.2) is 4.98 Å². The van der Waals surface area contributed by atoms with Crippen molar-refractivity contribution in [3.05, 3.63) is 48.2 Å². The largest absolute Gasteiger partial charge is 0.378 e. The van der Waals surface area contributed by atoms with Gasteiger partial charge in [-0.3, -0.25) is 4.90 Å². The first-order valence-corrected chi connectivity index (χ1v) is 11.2. The standard InChI is InChI=1S/C24H34N6/c1-28(2)22-11-9-20(10-12-22)8-7-15-29-18-21(19-29)26-24-25-14-13-23(27-24)30-16-5-3-4-6-17-30/h7-14,21H,3-6,15-19H2,1-2H3,(H,25,26,27). The third kappa shape index (κ3) is 5.51. The van der Waals surface area contributed by atoms with Crippen molar-refractivity contribution in [1.82, 2.24) is 14.9 Å². The summed E-state index contributed by atoms with van der Waals surface area (Å²) in [5.41, 5.74) is 2.47. The van der Waals surface area contributed by atoms with Gasteiger partial charge in [-0.05, 0) is 36.6 Å². The van der Waals surface area contributed by atoms with E-state index in [-0.39, 0.29) is 0 Å². The lowest BCUT2D eigenvalue weighted by Crippen LogP contribution is -2.54. The van der Waals surface area contributed by atoms with Gasteiger partial charge in [0.1, 0.15) is 5.82 Å². The molecule has 0 spiro atoms. The van der Waals surface area contributed by atoms with Crippen LogP contribution in [0.1, 0.15) is 31.2 Å². The third-order valence-corrected chi connectivity index (χ3v) is 5.94. The van der Waals surface area contributed by atoms with E-state index >= 15 is 0 Å². The van der Waals surface area contributed by atoms with Gasteiger partial charge in [0.25, 0.3) is 0 Å². The minimum atomic E-state index is 0.428. The molecule has 2 aliphatic heterocycles. The maximum absolute atomic E-state index is 4.77. The predicted molar refractivity (Wildman–Crippen MR) is 126 cm³/mol. The van der Waals surface area contributed by atoms with E-state index < -0.39 is 0 Å². The smallest absolute Gasteiger partial charge is 0.224 e. The van der Waals surface area contributed by atoms with Crippen molar-refractivity contribution in [2.45, 2.75) is 31.7 Å². The van der Waals surface area contributed by atoms with Crippen molar-refractivity contribution < 1.29 is 0 Å². The fourth-order valence-corrected chi connectivity index (χ4v) is 4.11. The Morgan fingerprint density at radius 2 is 1.77 bits per heavy atom. The predicted octanol–water partition coefficient (Wildman–Crippen LogP) is 3.73. The zero-order chi connectivity index (χ0) is 20.8. The molecule has 0 bridgehead atoms. The van der Waals surface area contributed by atoms with Crippen molar-refractivity contribution >= 4 is 23.5 Å². The van der Waals surface area contributed by atoms with Crippen LogP contribution in [0.4, 0.5) is 17.5 Å². The average Bonchev–Trinajstić information content (AvgIpc) is 3.02. The minimum Gasteiger partial charge on any atom is -0.378 e. The van der Waals surface area contributed by atoms with Gasteiger partial charge in [0.05, 0.1) is 6.04 Å². The average molecular weight is 407 g/mol. The fraction of sp³-hybridized carbons (Fsp3) is 0.500. The molecule has 1 aromatic carbocycles. The summed E-state index contributed by atoms with van der Waals surface area (Å²) in [6.45, 7) is 5.25. The molecule has 0 saturated carbocycles. The molecule has 2 aliphatic rings. The zero-order valence-electron chi connectivity index (χ0n) is 18.3. The molecule has 0 amide bonds. The van der Waals surface area contributed by atoms with Gasteiger partial charge in [-0.15, -0.1) is 0 Å². The number of nitrogens with zero attached hydrogens (tertiary/aromatic N) is 5. The molecule has 2 aromatic rings. The Labute approximate surface area is 180 Å². The summed E-state index contributed by atoms with van der Waals surface area (Å²) < 4.78 is 0. The first-order chi connectivity index (χ1) is 14.7. The SMILES string of the molecule is CN(C)c1ccc(C=CCN2CC(Nc3nccc(N4CCCCCC4)n3)C2)cc1. The second kappa shape index (κ2) is 9.94. The molecule has 0 unspecified atom stereocenters. The fourth-order valence-electron chi connectivity index (χ4n) is 4.11. The molecular weight excluding hydrogens is 372 g/mol. The van der Waals surface area contributed by atoms with Crippen LogP contribution in [-0.4, -0.2) is 67.7 Å². The highest BCUT2D eigenvalue weighted by Crippen LogP contribution is 2.19. The lowest BCUT2D eigenvalue weighted by atomic mass is 10.1. The van der Waals surface area contributed by atoms with E-state index in [4.69, 9.17) is 4.98 Å². The van der Waals surface area contributed by atoms with E-state index in [9.17, 15) is 0 Å². The zero-order valence-corrected chi connectivity index (χ0v) is 18.3. The second-order valence-electron chi connectivity index (χ2n) is 8.59. The molecule has 6 heteroatoms. The van der Waals surface area contributed by atoms with Crippen molar-refractivity contribution in [3.8, 4) is 0 Å². The quantitative estimate of drug-likeness (QED) is 0.756. The topological polar surface area (TPSA) is 47.5 Å². The minimum absolute atomic E-state index is 0.428. The van der Waals surface area contributed by atoms with Gasteiger partial charge in [0.15, 0.2) is 0 Å². The van der Waals surface area contributed by atoms with Gasteiger partial charge in [0, 0.05) is 58.7 Å². The Kier molecular flexibility index (Phi) is 6.84. The van der Waals surface area contributed by atoms with E-state index in [0.717, 1.165) is 44.5 Å². The van der Waals surface area contributed by atoms with Crippen molar-refractivity contribution in [2.24, 2.45) is 0 Å². The number of benzene rings is 1. The molecule has 6 nitrogen and oxygen atoms in total. The molecule has 3 heterocycles. The van der Waals surface area contributed by atoms with Crippen LogP contribution in [0, 0.1) is 0 Å². The van der Waals surface area contributed by atoms with Crippen molar-refractivity contribution in [3.63, 3.8) is 0 Å². The van der Waals surface area contributed by atoms with Crippen LogP contribution in [-0.2, 0) is 0 Å². The Morgan fingerprint density at radius 1 is 1.03 bits per heavy atom. The van der Waals surface area contributed by atoms with Crippen molar-refractivity contribution in [1.29, 1.82) is 0 Å². The lowest BCUT2D eigenvalue weighted by Gasteiger charge is -2.39. The Morgan fingerprint density at radius 3 is 2.47 bits per heavy atom. The highest BCUT2D eigenvalue weighted by molar-refractivity contribution is 5.55. The number of nitrogens with one attached hydrogen (secondary N) is 1. The van der Waals surface area contributed by atoms with Gasteiger partial charge in [-0.2, -0.15) is 4.98 Å². The molecule has 4 rings (SSSR count). The van der Waals surface area contributed by atoms with Crippen LogP contribution < -0.4 is 15.1 Å². The molecule has 1 N–H and O–H groups in total. The summed E-state index contributed by atoms with van der Waals surface area (Å²) in [6.07, 6.45) is 11.5. The lowest BCUT2D eigenvalue weighted by molar-refractivity contribution is 0.181. The van der Waals surface area contributed by atoms with E-state index in [1.165, 1.54) is 36.9 Å². The monoisotopic (exact) mass is 406 g/mol. The van der Waals surface area contributed by atoms with E-state index in [2.05, 4.69) is 75.5 Å². The second-order valence-corrected chi connectivity index (χ2v) is 8.59. The molecule has 0 aliphatic carbocycles. The number of rotatable bonds is 7. The number of hydrogen-bond acceptors (Lipinski definition) is 6. The Balaban J connectivity index is 1.22. The van der Waals surface area contributed by atoms with Gasteiger partial charge < -0.3 is 15.1 Å². The molecule has 30 heavy (non-hydrogen) atoms. The Bertz CT molecular complexity index is 818. The van der Waals surface area contributed by atoms with Crippen LogP contribution in [0.15, 0.2) is 42.6 Å². The molecule has 160 valence electrons. The normalized spacial score (nSPS) is 18.3. The number of anilines is 3. The van der Waals surface area contributed by atoms with Crippen LogP contribution in [0.25, 0.3) is 6.08 Å². The third-order valence-electron chi connectivity index (χ3n) is 5.94. The van der Waals surface area contributed by atoms with Crippen LogP contribution in [0.3, 0.4) is 0 Å². The van der Waals surface area contributed by atoms with Crippen molar-refractivity contribution in [2.75, 3.05) is 61.9 Å². The maximum Gasteiger partial charge on any atom is 0.224 e. The van der Waals surface area contributed by atoms with Crippen LogP contribution in [0.5, 0.6) is 0 Å². The van der Waals surface area contributed by atoms with Gasteiger partial charge >= 0.3 is 0 Å². The summed E-state index contributed by atoms with van der Waals surface area (Å²) in [7, 11) is 4.13. The molecule has 2 fully saturated rings. The molecule has 1 aromatic heterocycles. The molecule has 0 atom stereocenters. The Hall–Kier alpha value is -2.60. The number of aromatic nitrogens is 2. The van der Waals surface area contributed by atoms with E-state index in [1.54, 1.807) is 0 Å². The first kappa shape index (κ1) is 20.7. The summed E-state index contributed by atoms with van der Waals surface area (Å²) in [6, 6.07) is 11.1. The van der Waals surface area contributed by atoms with Gasteiger partial charge in [0.2, 0.25) is 5.95 Å². The molecule has 0 radical (unpaired) electrons. The summed E-state index contributed by atoms with van der Waals surface area (Å²) in [4.78, 5) is 16.2. The van der Waals surface area contributed by atoms with Crippen LogP contribution >= 0.6 is 0 Å². The van der Waals surface area contributed by atoms with E-state index in [0.29, 0.717) is 6.04 Å². The maximum atomic E-state index is 4.77. The number of likely N-dealkylation sites (tertiary alicyclic amines) is 1. The number of hydrogen-bond donors (Lipinski definition) is 1. The highest BCUT2D eigenvalue weighted by Gasteiger charge is 2.26. The van der Waals surface area contributed by atoms with Crippen LogP contribution in [0.2, 0.25) is 0 Å². The molecular formula is C24H34N6. The van der Waals surface area contributed by atoms with E-state index in [1.807, 2.05) is 12.3 Å². The molecule has 2 saturated heterocycles. The van der Waals surface area contributed by atoms with Gasteiger partial charge in [-0.1, -0.05) is 37.1 Å². The summed E-state index contributed by atoms with van der Waals surface area (Å²) in [5.74, 6) is 1.83. The summed E-state index contributed by atoms with van der Waals surface area (Å²) in [5, 5.41) is 3.51. The first-order valence-electron chi connectivity index (χ1n) is 11.2. The highest BCUT2D eigenvalue weighted by atomic mass is 15.3. The summed E-state index contributed by atoms with van der Waals surface area (Å²) >= 11 is 0.